The molecule has 0 radical (unpaired) electrons. The third-order valence-electron chi connectivity index (χ3n) is 10.5. The summed E-state index contributed by atoms with van der Waals surface area (Å²) in [4.78, 5) is 31.6. The molecule has 2 aromatic carbocycles. The van der Waals surface area contributed by atoms with Gasteiger partial charge >= 0.3 is 0 Å². The van der Waals surface area contributed by atoms with Crippen molar-refractivity contribution in [3.05, 3.63) is 75.3 Å². The first kappa shape index (κ1) is 28.3. The van der Waals surface area contributed by atoms with Gasteiger partial charge in [-0.3, -0.25) is 29.6 Å². The Kier molecular flexibility index (Phi) is 7.54. The van der Waals surface area contributed by atoms with E-state index in [1.165, 1.54) is 61.3 Å². The molecule has 7 heteroatoms. The Balaban J connectivity index is 0.954. The van der Waals surface area contributed by atoms with Crippen LogP contribution < -0.4 is 5.32 Å². The highest BCUT2D eigenvalue weighted by atomic mass is 35.5. The fourth-order valence-corrected chi connectivity index (χ4v) is 8.39. The van der Waals surface area contributed by atoms with E-state index < -0.39 is 0 Å². The second-order valence-electron chi connectivity index (χ2n) is 14.3. The molecule has 0 aromatic heterocycles. The predicted molar refractivity (Wildman–Crippen MR) is 167 cm³/mol. The van der Waals surface area contributed by atoms with Crippen molar-refractivity contribution in [3.8, 4) is 0 Å². The lowest BCUT2D eigenvalue weighted by molar-refractivity contribution is -0.137. The highest BCUT2D eigenvalue weighted by Crippen LogP contribution is 2.44. The number of carbonyl (C=O) groups excluding carboxylic acids is 2. The van der Waals surface area contributed by atoms with E-state index in [1.807, 2.05) is 12.1 Å². The van der Waals surface area contributed by atoms with Crippen molar-refractivity contribution in [2.75, 3.05) is 32.7 Å². The van der Waals surface area contributed by atoms with Crippen molar-refractivity contribution in [2.45, 2.75) is 71.6 Å². The van der Waals surface area contributed by atoms with Crippen molar-refractivity contribution in [1.29, 1.82) is 0 Å². The number of fused-ring (bicyclic) bond motifs is 2. The lowest BCUT2D eigenvalue weighted by atomic mass is 9.72. The smallest absolute Gasteiger partial charge is 0.243 e. The van der Waals surface area contributed by atoms with E-state index in [9.17, 15) is 9.59 Å². The standard InChI is InChI=1S/C35H43ClN4O2/c1-35(2)12-11-26(31(14-35)24-5-7-30(36)8-6-24)16-39-19-28-17-38(18-29(28)20-39)15-23-3-4-25-21-40(22-27(25)13-23)32-9-10-33(41)37-34(32)42/h3-8,13,28-29,32H,9-12,14-22H2,1-2H3,(H,37,41,42). The molecule has 1 aliphatic carbocycles. The molecule has 7 rings (SSSR count). The first-order chi connectivity index (χ1) is 20.2. The van der Waals surface area contributed by atoms with Gasteiger partial charge in [0.15, 0.2) is 0 Å². The maximum atomic E-state index is 12.4. The van der Waals surface area contributed by atoms with Gasteiger partial charge in [-0.05, 0) is 82.9 Å². The normalized spacial score (nSPS) is 28.3. The number of hydrogen-bond acceptors (Lipinski definition) is 5. The molecule has 5 aliphatic rings. The molecule has 1 N–H and O–H groups in total. The van der Waals surface area contributed by atoms with Crippen LogP contribution in [0.1, 0.15) is 68.2 Å². The lowest BCUT2D eigenvalue weighted by Gasteiger charge is -2.35. The van der Waals surface area contributed by atoms with Crippen LogP contribution in [0.4, 0.5) is 0 Å². The van der Waals surface area contributed by atoms with Gasteiger partial charge in [0.1, 0.15) is 0 Å². The number of rotatable bonds is 6. The minimum atomic E-state index is -0.197. The summed E-state index contributed by atoms with van der Waals surface area (Å²) in [5.41, 5.74) is 8.91. The Morgan fingerprint density at radius 3 is 2.29 bits per heavy atom. The largest absolute Gasteiger partial charge is 0.299 e. The zero-order chi connectivity index (χ0) is 29.0. The number of carbonyl (C=O) groups is 2. The number of amides is 2. The summed E-state index contributed by atoms with van der Waals surface area (Å²) in [6.07, 6.45) is 4.66. The third kappa shape index (κ3) is 5.84. The SMILES string of the molecule is CC1(C)CCC(CN2CC3CN(Cc4ccc5c(c4)CN(C4CCC(=O)NC4=O)C5)CC3C2)=C(c2ccc(Cl)cc2)C1. The maximum absolute atomic E-state index is 12.4. The zero-order valence-electron chi connectivity index (χ0n) is 25.0. The average molecular weight is 587 g/mol. The molecular weight excluding hydrogens is 544 g/mol. The second-order valence-corrected chi connectivity index (χ2v) is 14.7. The maximum Gasteiger partial charge on any atom is 0.243 e. The Labute approximate surface area is 255 Å². The molecular formula is C35H43ClN4O2. The molecule has 6 nitrogen and oxygen atoms in total. The minimum Gasteiger partial charge on any atom is -0.299 e. The zero-order valence-corrected chi connectivity index (χ0v) is 25.8. The van der Waals surface area contributed by atoms with E-state index in [1.54, 1.807) is 11.1 Å². The summed E-state index contributed by atoms with van der Waals surface area (Å²) in [5.74, 6) is 1.22. The highest BCUT2D eigenvalue weighted by molar-refractivity contribution is 6.30. The molecule has 2 aromatic rings. The number of piperidine rings is 1. The minimum absolute atomic E-state index is 0.137. The third-order valence-corrected chi connectivity index (χ3v) is 10.8. The van der Waals surface area contributed by atoms with Gasteiger partial charge in [-0.25, -0.2) is 0 Å². The fraction of sp³-hybridized carbons (Fsp3) is 0.543. The van der Waals surface area contributed by atoms with Crippen LogP contribution in [0.2, 0.25) is 5.02 Å². The van der Waals surface area contributed by atoms with Crippen molar-refractivity contribution in [3.63, 3.8) is 0 Å². The van der Waals surface area contributed by atoms with E-state index in [-0.39, 0.29) is 17.9 Å². The summed E-state index contributed by atoms with van der Waals surface area (Å²) >= 11 is 6.21. The first-order valence-electron chi connectivity index (χ1n) is 15.8. The van der Waals surface area contributed by atoms with E-state index >= 15 is 0 Å². The quantitative estimate of drug-likeness (QED) is 0.454. The van der Waals surface area contributed by atoms with Crippen LogP contribution >= 0.6 is 11.6 Å². The van der Waals surface area contributed by atoms with Gasteiger partial charge in [-0.1, -0.05) is 61.4 Å². The van der Waals surface area contributed by atoms with Crippen molar-refractivity contribution < 1.29 is 9.59 Å². The molecule has 3 fully saturated rings. The van der Waals surface area contributed by atoms with Crippen LogP contribution in [0.25, 0.3) is 5.57 Å². The molecule has 4 aliphatic heterocycles. The number of nitrogens with one attached hydrogen (secondary N) is 1. The lowest BCUT2D eigenvalue weighted by Crippen LogP contribution is -2.50. The molecule has 0 saturated carbocycles. The van der Waals surface area contributed by atoms with Crippen molar-refractivity contribution >= 4 is 29.0 Å². The van der Waals surface area contributed by atoms with Crippen LogP contribution in [-0.2, 0) is 29.2 Å². The molecule has 42 heavy (non-hydrogen) atoms. The van der Waals surface area contributed by atoms with Crippen LogP contribution in [-0.4, -0.2) is 65.3 Å². The number of benzene rings is 2. The monoisotopic (exact) mass is 586 g/mol. The van der Waals surface area contributed by atoms with Gasteiger partial charge in [0.2, 0.25) is 11.8 Å². The van der Waals surface area contributed by atoms with Crippen LogP contribution in [0.15, 0.2) is 48.0 Å². The molecule has 222 valence electrons. The molecule has 3 saturated heterocycles. The average Bonchev–Trinajstić information content (AvgIpc) is 3.63. The number of allylic oxidation sites excluding steroid dienone is 1. The summed E-state index contributed by atoms with van der Waals surface area (Å²) in [5, 5.41) is 3.32. The van der Waals surface area contributed by atoms with E-state index in [2.05, 4.69) is 64.2 Å². The van der Waals surface area contributed by atoms with Gasteiger partial charge in [-0.2, -0.15) is 0 Å². The molecule has 2 amide bonds. The molecule has 3 unspecified atom stereocenters. The Morgan fingerprint density at radius 1 is 0.881 bits per heavy atom. The number of likely N-dealkylation sites (tertiary alicyclic amines) is 2. The van der Waals surface area contributed by atoms with Crippen molar-refractivity contribution in [1.82, 2.24) is 20.0 Å². The van der Waals surface area contributed by atoms with E-state index in [4.69, 9.17) is 11.6 Å². The number of imide groups is 1. The van der Waals surface area contributed by atoms with Gasteiger partial charge in [0.05, 0.1) is 6.04 Å². The first-order valence-corrected chi connectivity index (χ1v) is 16.2. The fourth-order valence-electron chi connectivity index (χ4n) is 8.26. The number of nitrogens with zero attached hydrogens (tertiary/aromatic N) is 3. The van der Waals surface area contributed by atoms with Gasteiger partial charge < -0.3 is 0 Å². The molecule has 4 heterocycles. The molecule has 0 spiro atoms. The Hall–Kier alpha value is -2.51. The topological polar surface area (TPSA) is 55.9 Å². The summed E-state index contributed by atoms with van der Waals surface area (Å²) < 4.78 is 0. The highest BCUT2D eigenvalue weighted by Gasteiger charge is 2.41. The number of halogens is 1. The van der Waals surface area contributed by atoms with Gasteiger partial charge in [0, 0.05) is 63.8 Å². The molecule has 0 bridgehead atoms. The van der Waals surface area contributed by atoms with E-state index in [0.717, 1.165) is 49.5 Å². The Bertz CT molecular complexity index is 1400. The predicted octanol–water partition coefficient (Wildman–Crippen LogP) is 5.49. The van der Waals surface area contributed by atoms with Gasteiger partial charge in [0.25, 0.3) is 0 Å². The van der Waals surface area contributed by atoms with Gasteiger partial charge in [-0.15, -0.1) is 0 Å². The summed E-state index contributed by atoms with van der Waals surface area (Å²) in [6.45, 7) is 13.3. The second kappa shape index (κ2) is 11.2. The summed E-state index contributed by atoms with van der Waals surface area (Å²) in [6, 6.07) is 15.2. The van der Waals surface area contributed by atoms with Crippen LogP contribution in [0.5, 0.6) is 0 Å². The number of hydrogen-bond donors (Lipinski definition) is 1. The van der Waals surface area contributed by atoms with Crippen molar-refractivity contribution in [2.24, 2.45) is 17.3 Å². The van der Waals surface area contributed by atoms with Crippen LogP contribution in [0, 0.1) is 17.3 Å². The van der Waals surface area contributed by atoms with Crippen LogP contribution in [0.3, 0.4) is 0 Å². The molecule has 3 atom stereocenters. The Morgan fingerprint density at radius 2 is 1.57 bits per heavy atom. The van der Waals surface area contributed by atoms with E-state index in [0.29, 0.717) is 18.3 Å². The summed E-state index contributed by atoms with van der Waals surface area (Å²) in [7, 11) is 0.